The van der Waals surface area contributed by atoms with Gasteiger partial charge in [0.15, 0.2) is 0 Å². The zero-order chi connectivity index (χ0) is 14.5. The molecule has 1 heterocycles. The number of methoxy groups -OCH3 is 1. The Kier molecular flexibility index (Phi) is 5.79. The van der Waals surface area contributed by atoms with Crippen molar-refractivity contribution in [2.75, 3.05) is 25.7 Å². The highest BCUT2D eigenvalue weighted by molar-refractivity contribution is 7.99. The molecule has 1 aliphatic heterocycles. The SMILES string of the molecule is CNC(CC1CCSCC1)c1ccc(C)c(C)c1OC. The van der Waals surface area contributed by atoms with Gasteiger partial charge in [-0.2, -0.15) is 11.8 Å². The van der Waals surface area contributed by atoms with Crippen LogP contribution in [0.1, 0.15) is 42.0 Å². The lowest BCUT2D eigenvalue weighted by molar-refractivity contribution is 0.361. The van der Waals surface area contributed by atoms with Crippen LogP contribution in [0.25, 0.3) is 0 Å². The molecule has 0 spiro atoms. The summed E-state index contributed by atoms with van der Waals surface area (Å²) < 4.78 is 5.68. The fraction of sp³-hybridized carbons (Fsp3) is 0.647. The Hall–Kier alpha value is -0.670. The molecule has 2 rings (SSSR count). The quantitative estimate of drug-likeness (QED) is 0.883. The molecule has 0 radical (unpaired) electrons. The fourth-order valence-electron chi connectivity index (χ4n) is 3.07. The van der Waals surface area contributed by atoms with Crippen LogP contribution >= 0.6 is 11.8 Å². The molecule has 0 aliphatic carbocycles. The van der Waals surface area contributed by atoms with Gasteiger partial charge in [-0.25, -0.2) is 0 Å². The highest BCUT2D eigenvalue weighted by atomic mass is 32.2. The lowest BCUT2D eigenvalue weighted by atomic mass is 9.89. The van der Waals surface area contributed by atoms with E-state index in [1.165, 1.54) is 47.5 Å². The van der Waals surface area contributed by atoms with E-state index in [9.17, 15) is 0 Å². The third-order valence-electron chi connectivity index (χ3n) is 4.55. The molecule has 1 saturated heterocycles. The van der Waals surface area contributed by atoms with Gasteiger partial charge >= 0.3 is 0 Å². The predicted molar refractivity (Wildman–Crippen MR) is 88.9 cm³/mol. The molecule has 1 aromatic rings. The average molecular weight is 293 g/mol. The maximum atomic E-state index is 5.68. The van der Waals surface area contributed by atoms with Crippen LogP contribution in [0.2, 0.25) is 0 Å². The molecule has 0 saturated carbocycles. The van der Waals surface area contributed by atoms with Crippen LogP contribution < -0.4 is 10.1 Å². The highest BCUT2D eigenvalue weighted by Crippen LogP contribution is 2.36. The molecule has 112 valence electrons. The Bertz CT molecular complexity index is 441. The molecule has 1 N–H and O–H groups in total. The molecule has 1 fully saturated rings. The van der Waals surface area contributed by atoms with E-state index in [4.69, 9.17) is 4.74 Å². The normalized spacial score (nSPS) is 18.0. The average Bonchev–Trinajstić information content (AvgIpc) is 2.48. The lowest BCUT2D eigenvalue weighted by Crippen LogP contribution is -2.23. The Morgan fingerprint density at radius 1 is 1.30 bits per heavy atom. The Balaban J connectivity index is 2.20. The third kappa shape index (κ3) is 3.50. The zero-order valence-electron chi connectivity index (χ0n) is 13.2. The smallest absolute Gasteiger partial charge is 0.126 e. The van der Waals surface area contributed by atoms with E-state index < -0.39 is 0 Å². The topological polar surface area (TPSA) is 21.3 Å². The van der Waals surface area contributed by atoms with Crippen molar-refractivity contribution in [1.82, 2.24) is 5.32 Å². The number of hydrogen-bond donors (Lipinski definition) is 1. The van der Waals surface area contributed by atoms with Crippen LogP contribution in [0, 0.1) is 19.8 Å². The molecule has 1 atom stereocenters. The molecule has 1 unspecified atom stereocenters. The molecular weight excluding hydrogens is 266 g/mol. The first-order valence-corrected chi connectivity index (χ1v) is 8.72. The molecule has 20 heavy (non-hydrogen) atoms. The number of nitrogens with one attached hydrogen (secondary N) is 1. The molecule has 0 bridgehead atoms. The minimum atomic E-state index is 0.400. The van der Waals surface area contributed by atoms with Crippen molar-refractivity contribution in [3.8, 4) is 5.75 Å². The summed E-state index contributed by atoms with van der Waals surface area (Å²) in [5.74, 6) is 4.56. The van der Waals surface area contributed by atoms with Crippen molar-refractivity contribution in [2.24, 2.45) is 5.92 Å². The molecule has 3 heteroatoms. The van der Waals surface area contributed by atoms with Crippen molar-refractivity contribution in [3.63, 3.8) is 0 Å². The molecule has 0 amide bonds. The minimum absolute atomic E-state index is 0.400. The number of benzene rings is 1. The van der Waals surface area contributed by atoms with E-state index in [0.29, 0.717) is 6.04 Å². The minimum Gasteiger partial charge on any atom is -0.496 e. The summed E-state index contributed by atoms with van der Waals surface area (Å²) in [7, 11) is 3.85. The Morgan fingerprint density at radius 2 is 2.00 bits per heavy atom. The molecule has 0 aromatic heterocycles. The molecule has 1 aromatic carbocycles. The summed E-state index contributed by atoms with van der Waals surface area (Å²) in [6.45, 7) is 4.30. The van der Waals surface area contributed by atoms with Crippen molar-refractivity contribution < 1.29 is 4.74 Å². The Morgan fingerprint density at radius 3 is 2.60 bits per heavy atom. The number of thioether (sulfide) groups is 1. The van der Waals surface area contributed by atoms with Gasteiger partial charge < -0.3 is 10.1 Å². The molecule has 2 nitrogen and oxygen atoms in total. The van der Waals surface area contributed by atoms with E-state index in [2.05, 4.69) is 50.1 Å². The largest absolute Gasteiger partial charge is 0.496 e. The maximum absolute atomic E-state index is 5.68. The van der Waals surface area contributed by atoms with Gasteiger partial charge in [0.25, 0.3) is 0 Å². The van der Waals surface area contributed by atoms with Gasteiger partial charge in [-0.15, -0.1) is 0 Å². The van der Waals surface area contributed by atoms with Gasteiger partial charge in [0, 0.05) is 11.6 Å². The standard InChI is InChI=1S/C17H27NOS/c1-12-5-6-15(17(19-4)13(12)2)16(18-3)11-14-7-9-20-10-8-14/h5-6,14,16,18H,7-11H2,1-4H3. The maximum Gasteiger partial charge on any atom is 0.126 e. The van der Waals surface area contributed by atoms with Gasteiger partial charge in [0.2, 0.25) is 0 Å². The summed E-state index contributed by atoms with van der Waals surface area (Å²) >= 11 is 2.10. The van der Waals surface area contributed by atoms with E-state index in [1.807, 2.05) is 0 Å². The van der Waals surface area contributed by atoms with Crippen molar-refractivity contribution in [1.29, 1.82) is 0 Å². The number of rotatable bonds is 5. The highest BCUT2D eigenvalue weighted by Gasteiger charge is 2.22. The predicted octanol–water partition coefficient (Wildman–Crippen LogP) is 4.11. The second-order valence-corrected chi connectivity index (χ2v) is 6.99. The van der Waals surface area contributed by atoms with Gasteiger partial charge in [0.1, 0.15) is 5.75 Å². The first-order valence-electron chi connectivity index (χ1n) is 7.56. The van der Waals surface area contributed by atoms with Crippen LogP contribution in [0.15, 0.2) is 12.1 Å². The Labute approximate surface area is 127 Å². The van der Waals surface area contributed by atoms with E-state index in [0.717, 1.165) is 11.7 Å². The third-order valence-corrected chi connectivity index (χ3v) is 5.59. The fourth-order valence-corrected chi connectivity index (χ4v) is 4.28. The first-order chi connectivity index (χ1) is 9.67. The van der Waals surface area contributed by atoms with Crippen molar-refractivity contribution >= 4 is 11.8 Å². The van der Waals surface area contributed by atoms with E-state index in [1.54, 1.807) is 7.11 Å². The van der Waals surface area contributed by atoms with Gasteiger partial charge in [-0.1, -0.05) is 12.1 Å². The summed E-state index contributed by atoms with van der Waals surface area (Å²) in [5.41, 5.74) is 3.88. The van der Waals surface area contributed by atoms with Crippen molar-refractivity contribution in [3.05, 3.63) is 28.8 Å². The number of hydrogen-bond acceptors (Lipinski definition) is 3. The number of ether oxygens (including phenoxy) is 1. The second kappa shape index (κ2) is 7.37. The molecular formula is C17H27NOS. The zero-order valence-corrected chi connectivity index (χ0v) is 14.0. The summed E-state index contributed by atoms with van der Waals surface area (Å²) in [5, 5.41) is 3.50. The van der Waals surface area contributed by atoms with Gasteiger partial charge in [-0.05, 0) is 68.7 Å². The van der Waals surface area contributed by atoms with Crippen molar-refractivity contribution in [2.45, 2.75) is 39.2 Å². The van der Waals surface area contributed by atoms with E-state index in [-0.39, 0.29) is 0 Å². The number of aryl methyl sites for hydroxylation is 1. The van der Waals surface area contributed by atoms with Crippen LogP contribution in [-0.4, -0.2) is 25.7 Å². The summed E-state index contributed by atoms with van der Waals surface area (Å²) in [6.07, 6.45) is 3.93. The molecule has 1 aliphatic rings. The summed E-state index contributed by atoms with van der Waals surface area (Å²) in [4.78, 5) is 0. The lowest BCUT2D eigenvalue weighted by Gasteiger charge is -2.28. The monoisotopic (exact) mass is 293 g/mol. The summed E-state index contributed by atoms with van der Waals surface area (Å²) in [6, 6.07) is 4.85. The van der Waals surface area contributed by atoms with Crippen LogP contribution in [0.5, 0.6) is 5.75 Å². The van der Waals surface area contributed by atoms with Gasteiger partial charge in [0.05, 0.1) is 7.11 Å². The first kappa shape index (κ1) is 15.7. The van der Waals surface area contributed by atoms with Crippen LogP contribution in [0.4, 0.5) is 0 Å². The van der Waals surface area contributed by atoms with Gasteiger partial charge in [-0.3, -0.25) is 0 Å². The van der Waals surface area contributed by atoms with Crippen LogP contribution in [0.3, 0.4) is 0 Å². The van der Waals surface area contributed by atoms with E-state index >= 15 is 0 Å². The van der Waals surface area contributed by atoms with Crippen LogP contribution in [-0.2, 0) is 0 Å². The second-order valence-electron chi connectivity index (χ2n) is 5.76.